The van der Waals surface area contributed by atoms with Crippen LogP contribution < -0.4 is 30.2 Å². The highest BCUT2D eigenvalue weighted by molar-refractivity contribution is 5.98. The van der Waals surface area contributed by atoms with Crippen molar-refractivity contribution < 1.29 is 33.0 Å². The summed E-state index contributed by atoms with van der Waals surface area (Å²) in [5.41, 5.74) is 1.68. The van der Waals surface area contributed by atoms with E-state index in [4.69, 9.17) is 14.2 Å². The fourth-order valence-electron chi connectivity index (χ4n) is 5.89. The van der Waals surface area contributed by atoms with Crippen molar-refractivity contribution in [1.29, 1.82) is 0 Å². The molecule has 2 aromatic carbocycles. The van der Waals surface area contributed by atoms with Crippen molar-refractivity contribution in [3.05, 3.63) is 58.1 Å². The summed E-state index contributed by atoms with van der Waals surface area (Å²) in [7, 11) is 1.20. The molecule has 0 saturated carbocycles. The zero-order valence-electron chi connectivity index (χ0n) is 24.1. The van der Waals surface area contributed by atoms with Gasteiger partial charge in [-0.3, -0.25) is 14.5 Å². The van der Waals surface area contributed by atoms with E-state index in [1.807, 2.05) is 36.1 Å². The summed E-state index contributed by atoms with van der Waals surface area (Å²) in [4.78, 5) is 54.5. The zero-order valence-corrected chi connectivity index (χ0v) is 24.1. The second kappa shape index (κ2) is 11.1. The number of aromatic nitrogens is 1. The predicted octanol–water partition coefficient (Wildman–Crippen LogP) is 2.67. The van der Waals surface area contributed by atoms with Crippen LogP contribution in [0.4, 0.5) is 26.2 Å². The molecule has 226 valence electrons. The number of rotatable bonds is 6. The lowest BCUT2D eigenvalue weighted by Gasteiger charge is -2.39. The van der Waals surface area contributed by atoms with Crippen LogP contribution in [0.15, 0.2) is 41.3 Å². The van der Waals surface area contributed by atoms with E-state index in [1.54, 1.807) is 4.57 Å². The molecule has 0 spiro atoms. The molecule has 3 aliphatic heterocycles. The number of cyclic esters (lactones) is 1. The van der Waals surface area contributed by atoms with Gasteiger partial charge in [-0.05, 0) is 37.3 Å². The number of pyridine rings is 1. The number of carbonyl (C=O) groups is 3. The number of nitrogens with zero attached hydrogens (tertiary/aromatic N) is 4. The number of hydrogen-bond donors (Lipinski definition) is 1. The average Bonchev–Trinajstić information content (AvgIpc) is 3.38. The third kappa shape index (κ3) is 5.08. The van der Waals surface area contributed by atoms with E-state index in [2.05, 4.69) is 10.2 Å². The first-order chi connectivity index (χ1) is 20.7. The van der Waals surface area contributed by atoms with Gasteiger partial charge in [0, 0.05) is 50.7 Å². The number of benzene rings is 2. The van der Waals surface area contributed by atoms with Gasteiger partial charge >= 0.3 is 12.1 Å². The van der Waals surface area contributed by atoms with Crippen molar-refractivity contribution in [1.82, 2.24) is 9.88 Å². The third-order valence-electron chi connectivity index (χ3n) is 8.12. The molecule has 2 amide bonds. The molecule has 3 aromatic rings. The molecular formula is C30H32FN5O7. The van der Waals surface area contributed by atoms with Crippen molar-refractivity contribution in [3.63, 3.8) is 0 Å². The fourth-order valence-corrected chi connectivity index (χ4v) is 5.89. The number of nitrogens with one attached hydrogen (secondary N) is 1. The number of amides is 2. The van der Waals surface area contributed by atoms with Crippen molar-refractivity contribution >= 4 is 45.9 Å². The molecule has 2 unspecified atom stereocenters. The number of esters is 1. The van der Waals surface area contributed by atoms with Gasteiger partial charge in [0.1, 0.15) is 24.0 Å². The summed E-state index contributed by atoms with van der Waals surface area (Å²) in [6.07, 6.45) is 0.602. The Morgan fingerprint density at radius 2 is 1.74 bits per heavy atom. The van der Waals surface area contributed by atoms with E-state index < -0.39 is 29.4 Å². The molecule has 6 rings (SSSR count). The quantitative estimate of drug-likeness (QED) is 0.430. The molecule has 0 radical (unpaired) electrons. The molecular weight excluding hydrogens is 561 g/mol. The summed E-state index contributed by atoms with van der Waals surface area (Å²) in [5.74, 6) is -1.24. The van der Waals surface area contributed by atoms with Crippen LogP contribution in [0.25, 0.3) is 10.9 Å². The topological polar surface area (TPSA) is 123 Å². The maximum Gasteiger partial charge on any atom is 0.414 e. The van der Waals surface area contributed by atoms with Gasteiger partial charge in [-0.25, -0.2) is 14.0 Å². The summed E-state index contributed by atoms with van der Waals surface area (Å²) >= 11 is 0. The Balaban J connectivity index is 1.19. The number of halogens is 1. The lowest BCUT2D eigenvalue weighted by atomic mass is 10.1. The molecule has 4 heterocycles. The Hall–Kier alpha value is -4.81. The number of ether oxygens (including phenoxy) is 3. The van der Waals surface area contributed by atoms with Crippen LogP contribution in [0.5, 0.6) is 5.75 Å². The van der Waals surface area contributed by atoms with Gasteiger partial charge in [0.2, 0.25) is 11.3 Å². The second-order valence-corrected chi connectivity index (χ2v) is 10.9. The predicted molar refractivity (Wildman–Crippen MR) is 157 cm³/mol. The van der Waals surface area contributed by atoms with Gasteiger partial charge in [-0.2, -0.15) is 0 Å². The number of anilines is 3. The lowest BCUT2D eigenvalue weighted by Crippen LogP contribution is -2.47. The van der Waals surface area contributed by atoms with Crippen LogP contribution in [-0.2, 0) is 14.3 Å². The minimum atomic E-state index is -0.768. The standard InChI is InChI=1S/C30H32FN5O7/c1-17-16-42-28-25-22(27(38)23(15-35(17)25)29(39)41-3)12-24(31)26(28)34-10-8-33(9-11-34)19-4-6-20(7-5-19)36-14-21(43-30(36)40)13-32-18(2)37/h4-7,12,15,17,21H,8-11,13-14,16H2,1-3H3,(H,32,37). The first-order valence-electron chi connectivity index (χ1n) is 14.1. The molecule has 2 atom stereocenters. The highest BCUT2D eigenvalue weighted by atomic mass is 19.1. The molecule has 3 aliphatic rings. The van der Waals surface area contributed by atoms with Gasteiger partial charge in [0.05, 0.1) is 37.1 Å². The van der Waals surface area contributed by atoms with Crippen molar-refractivity contribution in [2.75, 3.05) is 67.7 Å². The van der Waals surface area contributed by atoms with E-state index in [1.165, 1.54) is 31.2 Å². The number of carbonyl (C=O) groups excluding carboxylic acids is 3. The average molecular weight is 594 g/mol. The number of methoxy groups -OCH3 is 1. The SMILES string of the molecule is COC(=O)c1cn2c3c(c(N4CCN(c5ccc(N6CC(CNC(C)=O)OC6=O)cc5)CC4)c(F)cc3c1=O)OCC2C. The second-order valence-electron chi connectivity index (χ2n) is 10.9. The summed E-state index contributed by atoms with van der Waals surface area (Å²) in [5, 5.41) is 2.75. The van der Waals surface area contributed by atoms with Crippen molar-refractivity contribution in [3.8, 4) is 5.75 Å². The molecule has 13 heteroatoms. The Labute approximate surface area is 246 Å². The maximum absolute atomic E-state index is 15.7. The summed E-state index contributed by atoms with van der Waals surface area (Å²) in [6.45, 7) is 6.39. The van der Waals surface area contributed by atoms with Gasteiger partial charge < -0.3 is 33.9 Å². The Morgan fingerprint density at radius 3 is 2.42 bits per heavy atom. The van der Waals surface area contributed by atoms with Gasteiger partial charge in [0.15, 0.2) is 11.6 Å². The highest BCUT2D eigenvalue weighted by Crippen LogP contribution is 2.42. The largest absolute Gasteiger partial charge is 0.487 e. The van der Waals surface area contributed by atoms with E-state index in [0.717, 1.165) is 5.69 Å². The zero-order chi connectivity index (χ0) is 30.4. The smallest absolute Gasteiger partial charge is 0.414 e. The van der Waals surface area contributed by atoms with E-state index >= 15 is 4.39 Å². The van der Waals surface area contributed by atoms with E-state index in [0.29, 0.717) is 55.4 Å². The lowest BCUT2D eigenvalue weighted by molar-refractivity contribution is -0.119. The number of hydrogen-bond acceptors (Lipinski definition) is 9. The molecule has 0 bridgehead atoms. The van der Waals surface area contributed by atoms with Crippen molar-refractivity contribution in [2.45, 2.75) is 26.0 Å². The van der Waals surface area contributed by atoms with E-state index in [-0.39, 0.29) is 36.1 Å². The van der Waals surface area contributed by atoms with Gasteiger partial charge in [0.25, 0.3) is 0 Å². The van der Waals surface area contributed by atoms with Gasteiger partial charge in [-0.15, -0.1) is 0 Å². The maximum atomic E-state index is 15.7. The molecule has 12 nitrogen and oxygen atoms in total. The Bertz CT molecular complexity index is 1670. The van der Waals surface area contributed by atoms with Crippen LogP contribution in [-0.4, -0.2) is 81.6 Å². The van der Waals surface area contributed by atoms with E-state index in [9.17, 15) is 19.2 Å². The molecule has 1 N–H and O–H groups in total. The molecule has 43 heavy (non-hydrogen) atoms. The van der Waals surface area contributed by atoms with Crippen LogP contribution in [0, 0.1) is 5.82 Å². The summed E-state index contributed by atoms with van der Waals surface area (Å²) < 4.78 is 33.7. The normalized spacial score (nSPS) is 19.7. The van der Waals surface area contributed by atoms with Crippen LogP contribution in [0.2, 0.25) is 0 Å². The fraction of sp³-hybridized carbons (Fsp3) is 0.400. The minimum absolute atomic E-state index is 0.0766. The Morgan fingerprint density at radius 1 is 1.07 bits per heavy atom. The van der Waals surface area contributed by atoms with Crippen LogP contribution in [0.3, 0.4) is 0 Å². The molecule has 0 aliphatic carbocycles. The third-order valence-corrected chi connectivity index (χ3v) is 8.12. The minimum Gasteiger partial charge on any atom is -0.487 e. The van der Waals surface area contributed by atoms with Gasteiger partial charge in [-0.1, -0.05) is 0 Å². The van der Waals surface area contributed by atoms with Crippen LogP contribution in [0.1, 0.15) is 30.2 Å². The first-order valence-corrected chi connectivity index (χ1v) is 14.1. The molecule has 2 saturated heterocycles. The van der Waals surface area contributed by atoms with Crippen LogP contribution >= 0.6 is 0 Å². The molecule has 1 aromatic heterocycles. The summed E-state index contributed by atoms with van der Waals surface area (Å²) in [6, 6.07) is 8.59. The molecule has 2 fully saturated rings. The Kier molecular flexibility index (Phi) is 7.32. The highest BCUT2D eigenvalue weighted by Gasteiger charge is 2.34. The number of piperazine rings is 1. The first kappa shape index (κ1) is 28.3. The monoisotopic (exact) mass is 593 g/mol. The van der Waals surface area contributed by atoms with Crippen molar-refractivity contribution in [2.24, 2.45) is 0 Å².